The van der Waals surface area contributed by atoms with Crippen LogP contribution < -0.4 is 0 Å². The average Bonchev–Trinajstić information content (AvgIpc) is 2.28. The van der Waals surface area contributed by atoms with Gasteiger partial charge >= 0.3 is 0 Å². The van der Waals surface area contributed by atoms with Crippen LogP contribution in [0.15, 0.2) is 24.3 Å². The topological polar surface area (TPSA) is 0 Å². The van der Waals surface area contributed by atoms with Gasteiger partial charge in [0.2, 0.25) is 0 Å². The maximum atomic E-state index is 13.4. The van der Waals surface area contributed by atoms with Crippen molar-refractivity contribution in [2.75, 3.05) is 0 Å². The molecule has 2 heteroatoms. The molecule has 19 heavy (non-hydrogen) atoms. The molecule has 0 aromatic heterocycles. The Balaban J connectivity index is 4.09. The highest BCUT2D eigenvalue weighted by molar-refractivity contribution is 5.05. The summed E-state index contributed by atoms with van der Waals surface area (Å²) < 4.78 is 26.9. The molecule has 0 aliphatic carbocycles. The summed E-state index contributed by atoms with van der Waals surface area (Å²) in [6.07, 6.45) is 6.35. The van der Waals surface area contributed by atoms with Crippen molar-refractivity contribution in [3.8, 4) is 11.8 Å². The third-order valence-electron chi connectivity index (χ3n) is 2.96. The number of halogens is 2. The molecular weight excluding hydrogens is 242 g/mol. The highest BCUT2D eigenvalue weighted by atomic mass is 19.3. The first-order valence-electron chi connectivity index (χ1n) is 6.95. The molecule has 0 bridgehead atoms. The van der Waals surface area contributed by atoms with Gasteiger partial charge in [-0.2, -0.15) is 0 Å². The third kappa shape index (κ3) is 8.59. The molecule has 0 N–H and O–H groups in total. The Morgan fingerprint density at radius 2 is 1.95 bits per heavy atom. The Bertz CT molecular complexity index is 355. The molecule has 0 amide bonds. The molecule has 0 aliphatic heterocycles. The van der Waals surface area contributed by atoms with Crippen LogP contribution in [0.5, 0.6) is 0 Å². The second-order valence-electron chi connectivity index (χ2n) is 5.35. The van der Waals surface area contributed by atoms with Crippen LogP contribution in [-0.4, -0.2) is 5.92 Å². The molecule has 0 radical (unpaired) electrons. The average molecular weight is 268 g/mol. The summed E-state index contributed by atoms with van der Waals surface area (Å²) in [6.45, 7) is 10.7. The molecule has 2 atom stereocenters. The zero-order chi connectivity index (χ0) is 14.9. The van der Waals surface area contributed by atoms with Gasteiger partial charge < -0.3 is 0 Å². The Labute approximate surface area is 117 Å². The molecule has 0 saturated carbocycles. The van der Waals surface area contributed by atoms with Crippen molar-refractivity contribution >= 4 is 0 Å². The van der Waals surface area contributed by atoms with Crippen molar-refractivity contribution < 1.29 is 8.78 Å². The lowest BCUT2D eigenvalue weighted by Crippen LogP contribution is -2.19. The van der Waals surface area contributed by atoms with Gasteiger partial charge in [-0.1, -0.05) is 39.5 Å². The third-order valence-corrected chi connectivity index (χ3v) is 2.96. The van der Waals surface area contributed by atoms with E-state index in [0.29, 0.717) is 5.92 Å². The van der Waals surface area contributed by atoms with Gasteiger partial charge in [-0.15, -0.1) is 11.8 Å². The van der Waals surface area contributed by atoms with Crippen LogP contribution >= 0.6 is 0 Å². The number of allylic oxidation sites excluding steroid dienone is 3. The number of alkyl halides is 2. The normalized spacial score (nSPS) is 14.8. The first-order valence-corrected chi connectivity index (χ1v) is 6.95. The van der Waals surface area contributed by atoms with Crippen molar-refractivity contribution in [3.05, 3.63) is 24.3 Å². The van der Waals surface area contributed by atoms with Gasteiger partial charge in [0.1, 0.15) is 0 Å². The summed E-state index contributed by atoms with van der Waals surface area (Å²) >= 11 is 0. The predicted molar refractivity (Wildman–Crippen MR) is 79.1 cm³/mol. The zero-order valence-electron chi connectivity index (χ0n) is 12.6. The molecule has 0 heterocycles. The Kier molecular flexibility index (Phi) is 8.39. The van der Waals surface area contributed by atoms with Crippen molar-refractivity contribution in [3.63, 3.8) is 0 Å². The maximum absolute atomic E-state index is 13.4. The largest absolute Gasteiger partial charge is 0.269 e. The number of hydrogen-bond acceptors (Lipinski definition) is 0. The molecule has 0 aliphatic rings. The van der Waals surface area contributed by atoms with E-state index in [-0.39, 0.29) is 17.9 Å². The Morgan fingerprint density at radius 1 is 1.32 bits per heavy atom. The monoisotopic (exact) mass is 268 g/mol. The first kappa shape index (κ1) is 17.9. The fourth-order valence-electron chi connectivity index (χ4n) is 1.64. The van der Waals surface area contributed by atoms with Crippen LogP contribution in [0.1, 0.15) is 53.4 Å². The predicted octanol–water partition coefficient (Wildman–Crippen LogP) is 5.61. The van der Waals surface area contributed by atoms with E-state index in [1.807, 2.05) is 26.0 Å². The van der Waals surface area contributed by atoms with E-state index in [4.69, 9.17) is 0 Å². The van der Waals surface area contributed by atoms with Gasteiger partial charge in [0.25, 0.3) is 5.92 Å². The van der Waals surface area contributed by atoms with E-state index >= 15 is 0 Å². The Morgan fingerprint density at radius 3 is 2.47 bits per heavy atom. The minimum absolute atomic E-state index is 0.0593. The van der Waals surface area contributed by atoms with E-state index in [9.17, 15) is 8.78 Å². The SMILES string of the molecule is C=C(C)C(F)(F)CC(C)/C=C/CC(C)CC#CCC. The highest BCUT2D eigenvalue weighted by Crippen LogP contribution is 2.30. The van der Waals surface area contributed by atoms with Gasteiger partial charge in [0, 0.05) is 19.3 Å². The quantitative estimate of drug-likeness (QED) is 0.416. The molecule has 0 aromatic carbocycles. The van der Waals surface area contributed by atoms with Crippen LogP contribution in [0.2, 0.25) is 0 Å². The fraction of sp³-hybridized carbons (Fsp3) is 0.647. The second-order valence-corrected chi connectivity index (χ2v) is 5.35. The van der Waals surface area contributed by atoms with E-state index in [1.165, 1.54) is 6.92 Å². The molecule has 0 fully saturated rings. The fourth-order valence-corrected chi connectivity index (χ4v) is 1.64. The molecule has 2 unspecified atom stereocenters. The summed E-state index contributed by atoms with van der Waals surface area (Å²) in [7, 11) is 0. The molecule has 0 rings (SSSR count). The summed E-state index contributed by atoms with van der Waals surface area (Å²) in [6, 6.07) is 0. The van der Waals surface area contributed by atoms with Crippen molar-refractivity contribution in [1.29, 1.82) is 0 Å². The van der Waals surface area contributed by atoms with Crippen LogP contribution in [0.25, 0.3) is 0 Å². The molecule has 108 valence electrons. The molecule has 0 saturated heterocycles. The summed E-state index contributed by atoms with van der Waals surface area (Å²) in [5.74, 6) is 3.73. The Hall–Kier alpha value is -1.10. The van der Waals surface area contributed by atoms with E-state index < -0.39 is 5.92 Å². The van der Waals surface area contributed by atoms with Gasteiger partial charge in [-0.3, -0.25) is 0 Å². The van der Waals surface area contributed by atoms with E-state index in [2.05, 4.69) is 25.3 Å². The highest BCUT2D eigenvalue weighted by Gasteiger charge is 2.31. The minimum Gasteiger partial charge on any atom is -0.202 e. The van der Waals surface area contributed by atoms with Crippen LogP contribution in [-0.2, 0) is 0 Å². The van der Waals surface area contributed by atoms with Crippen molar-refractivity contribution in [2.45, 2.75) is 59.3 Å². The first-order chi connectivity index (χ1) is 8.79. The molecular formula is C17H26F2. The van der Waals surface area contributed by atoms with Gasteiger partial charge in [-0.05, 0) is 30.8 Å². The number of rotatable bonds is 7. The van der Waals surface area contributed by atoms with Crippen LogP contribution in [0, 0.1) is 23.7 Å². The van der Waals surface area contributed by atoms with Crippen LogP contribution in [0.4, 0.5) is 8.78 Å². The van der Waals surface area contributed by atoms with Gasteiger partial charge in [0.15, 0.2) is 0 Å². The van der Waals surface area contributed by atoms with Crippen molar-refractivity contribution in [1.82, 2.24) is 0 Å². The second kappa shape index (κ2) is 8.91. The lowest BCUT2D eigenvalue weighted by Gasteiger charge is -2.18. The van der Waals surface area contributed by atoms with E-state index in [1.54, 1.807) is 0 Å². The number of hydrogen-bond donors (Lipinski definition) is 0. The summed E-state index contributed by atoms with van der Waals surface area (Å²) in [5, 5.41) is 0. The molecule has 0 aromatic rings. The maximum Gasteiger partial charge on any atom is 0.269 e. The molecule has 0 spiro atoms. The van der Waals surface area contributed by atoms with E-state index in [0.717, 1.165) is 19.3 Å². The van der Waals surface area contributed by atoms with Gasteiger partial charge in [0.05, 0.1) is 0 Å². The summed E-state index contributed by atoms with van der Waals surface area (Å²) in [4.78, 5) is 0. The standard InChI is InChI=1S/C17H26F2/c1-6-7-8-10-15(4)11-9-12-16(5)13-17(18,19)14(2)3/h9,12,15-16H,2,6,10-11,13H2,1,3-5H3/b12-9+. The lowest BCUT2D eigenvalue weighted by atomic mass is 9.97. The van der Waals surface area contributed by atoms with Crippen molar-refractivity contribution in [2.24, 2.45) is 11.8 Å². The summed E-state index contributed by atoms with van der Waals surface area (Å²) in [5.41, 5.74) is -0.0593. The molecule has 0 nitrogen and oxygen atoms in total. The minimum atomic E-state index is -2.76. The van der Waals surface area contributed by atoms with Gasteiger partial charge in [-0.25, -0.2) is 8.78 Å². The smallest absolute Gasteiger partial charge is 0.202 e. The lowest BCUT2D eigenvalue weighted by molar-refractivity contribution is 0.0235. The zero-order valence-corrected chi connectivity index (χ0v) is 12.6. The van der Waals surface area contributed by atoms with Crippen LogP contribution in [0.3, 0.4) is 0 Å².